The lowest BCUT2D eigenvalue weighted by Crippen LogP contribution is -2.26. The molecule has 0 radical (unpaired) electrons. The van der Waals surface area contributed by atoms with Crippen molar-refractivity contribution in [2.75, 3.05) is 13.7 Å². The summed E-state index contributed by atoms with van der Waals surface area (Å²) in [6.45, 7) is 1.07. The molecule has 4 nitrogen and oxygen atoms in total. The Kier molecular flexibility index (Phi) is 5.53. The second-order valence-electron chi connectivity index (χ2n) is 6.75. The van der Waals surface area contributed by atoms with Crippen molar-refractivity contribution in [3.8, 4) is 5.75 Å². The first-order valence-corrected chi connectivity index (χ1v) is 10.2. The van der Waals surface area contributed by atoms with Crippen LogP contribution in [0.4, 0.5) is 0 Å². The molecule has 0 aliphatic rings. The first-order valence-electron chi connectivity index (χ1n) is 9.40. The van der Waals surface area contributed by atoms with E-state index in [9.17, 15) is 4.79 Å². The van der Waals surface area contributed by atoms with Gasteiger partial charge in [-0.05, 0) is 30.0 Å². The number of amides is 1. The SMILES string of the molecule is CN(Cc1nc2ccccc2s1)C(=O)CCCOc1cccc2ccccc12. The fraction of sp³-hybridized carbons (Fsp3) is 0.217. The van der Waals surface area contributed by atoms with Gasteiger partial charge in [0.1, 0.15) is 10.8 Å². The summed E-state index contributed by atoms with van der Waals surface area (Å²) < 4.78 is 7.08. The van der Waals surface area contributed by atoms with Crippen LogP contribution in [0.15, 0.2) is 66.7 Å². The minimum Gasteiger partial charge on any atom is -0.493 e. The van der Waals surface area contributed by atoms with Gasteiger partial charge in [-0.3, -0.25) is 4.79 Å². The molecule has 0 spiro atoms. The van der Waals surface area contributed by atoms with Gasteiger partial charge in [0.05, 0.1) is 23.4 Å². The molecule has 28 heavy (non-hydrogen) atoms. The fourth-order valence-electron chi connectivity index (χ4n) is 3.20. The van der Waals surface area contributed by atoms with Crippen LogP contribution in [0.2, 0.25) is 0 Å². The third-order valence-electron chi connectivity index (χ3n) is 4.68. The monoisotopic (exact) mass is 390 g/mol. The van der Waals surface area contributed by atoms with E-state index in [1.54, 1.807) is 16.2 Å². The first kappa shape index (κ1) is 18.4. The number of thiazole rings is 1. The first-order chi connectivity index (χ1) is 13.7. The summed E-state index contributed by atoms with van der Waals surface area (Å²) in [5, 5.41) is 3.22. The van der Waals surface area contributed by atoms with E-state index in [0.29, 0.717) is 26.0 Å². The van der Waals surface area contributed by atoms with Crippen molar-refractivity contribution in [3.63, 3.8) is 0 Å². The number of rotatable bonds is 7. The molecule has 0 fully saturated rings. The van der Waals surface area contributed by atoms with E-state index in [1.165, 1.54) is 0 Å². The largest absolute Gasteiger partial charge is 0.493 e. The molecule has 0 aliphatic carbocycles. The Morgan fingerprint density at radius 3 is 2.71 bits per heavy atom. The van der Waals surface area contributed by atoms with Gasteiger partial charge < -0.3 is 9.64 Å². The minimum atomic E-state index is 0.112. The highest BCUT2D eigenvalue weighted by Crippen LogP contribution is 2.25. The van der Waals surface area contributed by atoms with Crippen molar-refractivity contribution in [1.29, 1.82) is 0 Å². The van der Waals surface area contributed by atoms with Gasteiger partial charge in [0.15, 0.2) is 0 Å². The molecule has 0 atom stereocenters. The molecule has 0 aliphatic heterocycles. The van der Waals surface area contributed by atoms with Crippen molar-refractivity contribution < 1.29 is 9.53 Å². The van der Waals surface area contributed by atoms with Gasteiger partial charge in [-0.2, -0.15) is 0 Å². The van der Waals surface area contributed by atoms with Crippen molar-refractivity contribution >= 4 is 38.2 Å². The van der Waals surface area contributed by atoms with E-state index in [0.717, 1.165) is 31.7 Å². The standard InChI is InChI=1S/C23H22N2O2S/c1-25(16-22-24-19-11-4-5-13-21(19)28-22)23(26)14-7-15-27-20-12-6-9-17-8-2-3-10-18(17)20/h2-6,8-13H,7,14-16H2,1H3. The molecule has 1 aromatic heterocycles. The second kappa shape index (κ2) is 8.40. The van der Waals surface area contributed by atoms with Gasteiger partial charge in [-0.25, -0.2) is 4.98 Å². The number of nitrogens with zero attached hydrogens (tertiary/aromatic N) is 2. The zero-order valence-corrected chi connectivity index (χ0v) is 16.6. The molecular formula is C23H22N2O2S. The molecule has 0 saturated carbocycles. The van der Waals surface area contributed by atoms with Crippen LogP contribution in [0.1, 0.15) is 17.8 Å². The quantitative estimate of drug-likeness (QED) is 0.404. The van der Waals surface area contributed by atoms with Gasteiger partial charge in [0.25, 0.3) is 0 Å². The van der Waals surface area contributed by atoms with E-state index < -0.39 is 0 Å². The summed E-state index contributed by atoms with van der Waals surface area (Å²) in [6.07, 6.45) is 1.15. The van der Waals surface area contributed by atoms with Crippen LogP contribution < -0.4 is 4.74 Å². The predicted molar refractivity (Wildman–Crippen MR) is 115 cm³/mol. The van der Waals surface area contributed by atoms with Crippen LogP contribution in [0.3, 0.4) is 0 Å². The fourth-order valence-corrected chi connectivity index (χ4v) is 4.22. The lowest BCUT2D eigenvalue weighted by atomic mass is 10.1. The van der Waals surface area contributed by atoms with Crippen molar-refractivity contribution in [2.24, 2.45) is 0 Å². The number of para-hydroxylation sites is 1. The van der Waals surface area contributed by atoms with Crippen LogP contribution in [-0.2, 0) is 11.3 Å². The molecule has 1 heterocycles. The van der Waals surface area contributed by atoms with E-state index in [-0.39, 0.29) is 5.91 Å². The topological polar surface area (TPSA) is 42.4 Å². The molecular weight excluding hydrogens is 368 g/mol. The van der Waals surface area contributed by atoms with Gasteiger partial charge >= 0.3 is 0 Å². The average molecular weight is 391 g/mol. The van der Waals surface area contributed by atoms with Crippen LogP contribution in [-0.4, -0.2) is 29.4 Å². The molecule has 142 valence electrons. The molecule has 4 rings (SSSR count). The summed E-state index contributed by atoms with van der Waals surface area (Å²) in [6, 6.07) is 22.3. The lowest BCUT2D eigenvalue weighted by Gasteiger charge is -2.16. The Morgan fingerprint density at radius 1 is 1.04 bits per heavy atom. The molecule has 1 amide bonds. The van der Waals surface area contributed by atoms with E-state index in [4.69, 9.17) is 4.74 Å². The predicted octanol–water partition coefficient (Wildman–Crippen LogP) is 5.27. The minimum absolute atomic E-state index is 0.112. The molecule has 4 aromatic rings. The summed E-state index contributed by atoms with van der Waals surface area (Å²) in [5.74, 6) is 0.981. The average Bonchev–Trinajstić information content (AvgIpc) is 3.13. The highest BCUT2D eigenvalue weighted by molar-refractivity contribution is 7.18. The number of hydrogen-bond acceptors (Lipinski definition) is 4. The van der Waals surface area contributed by atoms with Crippen LogP contribution in [0.25, 0.3) is 21.0 Å². The smallest absolute Gasteiger partial charge is 0.222 e. The number of benzene rings is 3. The molecule has 0 unspecified atom stereocenters. The van der Waals surface area contributed by atoms with Gasteiger partial charge in [-0.15, -0.1) is 11.3 Å². The Bertz CT molecular complexity index is 1070. The zero-order valence-electron chi connectivity index (χ0n) is 15.8. The number of ether oxygens (including phenoxy) is 1. The third kappa shape index (κ3) is 4.15. The third-order valence-corrected chi connectivity index (χ3v) is 5.70. The van der Waals surface area contributed by atoms with E-state index >= 15 is 0 Å². The molecule has 0 saturated heterocycles. The number of carbonyl (C=O) groups excluding carboxylic acids is 1. The van der Waals surface area contributed by atoms with Crippen LogP contribution >= 0.6 is 11.3 Å². The number of fused-ring (bicyclic) bond motifs is 2. The Balaban J connectivity index is 1.28. The van der Waals surface area contributed by atoms with Crippen LogP contribution in [0.5, 0.6) is 5.75 Å². The maximum absolute atomic E-state index is 12.4. The summed E-state index contributed by atoms with van der Waals surface area (Å²) in [4.78, 5) is 18.8. The molecule has 5 heteroatoms. The number of aromatic nitrogens is 1. The lowest BCUT2D eigenvalue weighted by molar-refractivity contribution is -0.130. The van der Waals surface area contributed by atoms with Crippen molar-refractivity contribution in [2.45, 2.75) is 19.4 Å². The Morgan fingerprint density at radius 2 is 1.82 bits per heavy atom. The number of hydrogen-bond donors (Lipinski definition) is 0. The van der Waals surface area contributed by atoms with Gasteiger partial charge in [-0.1, -0.05) is 48.5 Å². The molecule has 0 bridgehead atoms. The summed E-state index contributed by atoms with van der Waals surface area (Å²) in [5.41, 5.74) is 0.992. The van der Waals surface area contributed by atoms with Gasteiger partial charge in [0.2, 0.25) is 5.91 Å². The zero-order chi connectivity index (χ0) is 19.3. The Hall–Kier alpha value is -2.92. The van der Waals surface area contributed by atoms with Crippen LogP contribution in [0, 0.1) is 0 Å². The second-order valence-corrected chi connectivity index (χ2v) is 7.87. The maximum atomic E-state index is 12.4. The van der Waals surface area contributed by atoms with Gasteiger partial charge in [0, 0.05) is 18.9 Å². The highest BCUT2D eigenvalue weighted by Gasteiger charge is 2.12. The number of carbonyl (C=O) groups is 1. The Labute approximate surface area is 168 Å². The highest BCUT2D eigenvalue weighted by atomic mass is 32.1. The molecule has 3 aromatic carbocycles. The van der Waals surface area contributed by atoms with Crippen molar-refractivity contribution in [3.05, 3.63) is 71.7 Å². The van der Waals surface area contributed by atoms with E-state index in [2.05, 4.69) is 29.2 Å². The molecule has 0 N–H and O–H groups in total. The van der Waals surface area contributed by atoms with Crippen molar-refractivity contribution in [1.82, 2.24) is 9.88 Å². The summed E-state index contributed by atoms with van der Waals surface area (Å²) >= 11 is 1.64. The van der Waals surface area contributed by atoms with E-state index in [1.807, 2.05) is 49.5 Å². The summed E-state index contributed by atoms with van der Waals surface area (Å²) in [7, 11) is 1.83. The normalized spacial score (nSPS) is 11.0. The maximum Gasteiger partial charge on any atom is 0.222 e.